The van der Waals surface area contributed by atoms with Crippen LogP contribution in [0, 0.1) is 5.41 Å². The maximum absolute atomic E-state index is 12.6. The van der Waals surface area contributed by atoms with Crippen LogP contribution >= 0.6 is 36.2 Å². The number of rotatable bonds is 8. The molecule has 0 aromatic carbocycles. The van der Waals surface area contributed by atoms with Crippen LogP contribution in [-0.2, 0) is 14.1 Å². The molecule has 14 nitrogen and oxygen atoms in total. The third-order valence-corrected chi connectivity index (χ3v) is 4.82. The molecule has 3 rings (SSSR count). The molecule has 0 aliphatic heterocycles. The lowest BCUT2D eigenvalue weighted by Gasteiger charge is -2.03. The van der Waals surface area contributed by atoms with E-state index >= 15 is 0 Å². The number of nitrogens with one attached hydrogen (secondary N) is 4. The number of halogens is 2. The van der Waals surface area contributed by atoms with E-state index in [1.807, 2.05) is 0 Å². The number of aromatic nitrogens is 5. The lowest BCUT2D eigenvalue weighted by molar-refractivity contribution is 0.0943. The van der Waals surface area contributed by atoms with E-state index in [0.717, 1.165) is 11.3 Å². The second kappa shape index (κ2) is 12.0. The second-order valence-corrected chi connectivity index (χ2v) is 7.48. The van der Waals surface area contributed by atoms with E-state index in [-0.39, 0.29) is 77.5 Å². The maximum Gasteiger partial charge on any atom is 0.276 e. The summed E-state index contributed by atoms with van der Waals surface area (Å²) in [5, 5.41) is 24.9. The molecule has 3 amide bonds. The Kier molecular flexibility index (Phi) is 9.97. The molecule has 3 aromatic rings. The number of amidine groups is 1. The highest BCUT2D eigenvalue weighted by Gasteiger charge is 2.19. The van der Waals surface area contributed by atoms with Gasteiger partial charge in [-0.25, -0.2) is 4.98 Å². The van der Waals surface area contributed by atoms with Crippen molar-refractivity contribution in [3.05, 3.63) is 34.6 Å². The number of aryl methyl sites for hydroxylation is 2. The van der Waals surface area contributed by atoms with Crippen LogP contribution in [0.3, 0.4) is 0 Å². The Morgan fingerprint density at radius 2 is 1.53 bits per heavy atom. The van der Waals surface area contributed by atoms with Gasteiger partial charge in [0, 0.05) is 44.6 Å². The normalized spacial score (nSPS) is 9.94. The average molecular weight is 532 g/mol. The quantitative estimate of drug-likeness (QED) is 0.178. The fourth-order valence-electron chi connectivity index (χ4n) is 2.64. The highest BCUT2D eigenvalue weighted by Crippen LogP contribution is 2.16. The van der Waals surface area contributed by atoms with E-state index in [4.69, 9.17) is 16.9 Å². The molecule has 34 heavy (non-hydrogen) atoms. The van der Waals surface area contributed by atoms with Gasteiger partial charge in [0.05, 0.1) is 5.84 Å². The standard InChI is InChI=1S/C17H21N11O3S.2ClH/c1-27-9(15(30)21-4-3-11(18)19)5-13(26-27)24-16(31)10-6-12(25-28(10)2)23-14(29)8-7-32-17(20)22-8;;/h5-7H,3-4H2,1-2H3,(H3,18,19)(H2,20,22)(H,21,30)(H,23,25,29)(H,24,26,31);2*1H. The molecule has 3 heterocycles. The lowest BCUT2D eigenvalue weighted by atomic mass is 10.3. The van der Waals surface area contributed by atoms with Crippen molar-refractivity contribution < 1.29 is 14.4 Å². The molecule has 0 saturated carbocycles. The Balaban J connectivity index is 0.00000289. The molecule has 0 fully saturated rings. The Bertz CT molecular complexity index is 1200. The predicted molar refractivity (Wildman–Crippen MR) is 132 cm³/mol. The molecule has 184 valence electrons. The fourth-order valence-corrected chi connectivity index (χ4v) is 3.18. The van der Waals surface area contributed by atoms with Gasteiger partial charge in [0.2, 0.25) is 0 Å². The van der Waals surface area contributed by atoms with Crippen molar-refractivity contribution in [2.45, 2.75) is 6.42 Å². The summed E-state index contributed by atoms with van der Waals surface area (Å²) < 4.78 is 2.60. The molecular weight excluding hydrogens is 509 g/mol. The summed E-state index contributed by atoms with van der Waals surface area (Å²) in [6.45, 7) is 0.206. The van der Waals surface area contributed by atoms with Gasteiger partial charge in [-0.15, -0.1) is 36.2 Å². The molecule has 0 atom stereocenters. The number of nitrogen functional groups attached to an aromatic ring is 1. The first-order valence-corrected chi connectivity index (χ1v) is 10.0. The average Bonchev–Trinajstić information content (AvgIpc) is 3.40. The minimum absolute atomic E-state index is 0. The van der Waals surface area contributed by atoms with Crippen molar-refractivity contribution in [1.29, 1.82) is 5.41 Å². The highest BCUT2D eigenvalue weighted by atomic mass is 35.5. The number of carbonyl (C=O) groups is 3. The van der Waals surface area contributed by atoms with Gasteiger partial charge in [-0.05, 0) is 0 Å². The SMILES string of the molecule is Cl.Cl.Cn1nc(NC(=O)c2cc(NC(=O)c3csc(N)n3)nn2C)cc1C(=O)NCCC(=N)N. The van der Waals surface area contributed by atoms with Crippen LogP contribution in [0.4, 0.5) is 16.8 Å². The van der Waals surface area contributed by atoms with E-state index in [2.05, 4.69) is 31.1 Å². The molecule has 0 aliphatic carbocycles. The maximum atomic E-state index is 12.6. The summed E-state index contributed by atoms with van der Waals surface area (Å²) in [6, 6.07) is 2.80. The van der Waals surface area contributed by atoms with Crippen LogP contribution in [0.5, 0.6) is 0 Å². The molecule has 0 radical (unpaired) electrons. The van der Waals surface area contributed by atoms with Gasteiger partial charge in [0.15, 0.2) is 16.8 Å². The van der Waals surface area contributed by atoms with Crippen LogP contribution in [0.1, 0.15) is 37.9 Å². The van der Waals surface area contributed by atoms with E-state index < -0.39 is 17.7 Å². The lowest BCUT2D eigenvalue weighted by Crippen LogP contribution is -2.29. The minimum atomic E-state index is -0.542. The smallest absolute Gasteiger partial charge is 0.276 e. The van der Waals surface area contributed by atoms with Crippen molar-refractivity contribution >= 4 is 76.5 Å². The largest absolute Gasteiger partial charge is 0.388 e. The van der Waals surface area contributed by atoms with Crippen LogP contribution < -0.4 is 27.4 Å². The molecular formula is C17H23Cl2N11O3S. The van der Waals surface area contributed by atoms with Gasteiger partial charge in [-0.2, -0.15) is 10.2 Å². The second-order valence-electron chi connectivity index (χ2n) is 6.59. The summed E-state index contributed by atoms with van der Waals surface area (Å²) >= 11 is 1.13. The van der Waals surface area contributed by atoms with Gasteiger partial charge < -0.3 is 27.4 Å². The summed E-state index contributed by atoms with van der Waals surface area (Å²) in [5.74, 6) is -1.20. The van der Waals surface area contributed by atoms with Crippen molar-refractivity contribution in [3.63, 3.8) is 0 Å². The Morgan fingerprint density at radius 3 is 2.03 bits per heavy atom. The molecule has 0 saturated heterocycles. The summed E-state index contributed by atoms with van der Waals surface area (Å²) in [6.07, 6.45) is 0.225. The van der Waals surface area contributed by atoms with E-state index in [1.54, 1.807) is 7.05 Å². The van der Waals surface area contributed by atoms with Crippen molar-refractivity contribution in [1.82, 2.24) is 29.9 Å². The number of hydrogen-bond acceptors (Lipinski definition) is 9. The first kappa shape index (κ1) is 28.3. The third-order valence-electron chi connectivity index (χ3n) is 4.14. The van der Waals surface area contributed by atoms with Crippen LogP contribution in [-0.4, -0.2) is 54.6 Å². The Labute approximate surface area is 209 Å². The Hall–Kier alpha value is -3.69. The molecule has 8 N–H and O–H groups in total. The first-order chi connectivity index (χ1) is 15.1. The molecule has 17 heteroatoms. The number of carbonyl (C=O) groups excluding carboxylic acids is 3. The topological polar surface area (TPSA) is 212 Å². The summed E-state index contributed by atoms with van der Waals surface area (Å²) in [4.78, 5) is 41.0. The van der Waals surface area contributed by atoms with Gasteiger partial charge in [-0.3, -0.25) is 29.2 Å². The molecule has 0 bridgehead atoms. The van der Waals surface area contributed by atoms with E-state index in [0.29, 0.717) is 0 Å². The zero-order chi connectivity index (χ0) is 23.4. The van der Waals surface area contributed by atoms with E-state index in [1.165, 1.54) is 33.9 Å². The van der Waals surface area contributed by atoms with Gasteiger partial charge >= 0.3 is 0 Å². The molecule has 0 spiro atoms. The summed E-state index contributed by atoms with van der Waals surface area (Å²) in [7, 11) is 3.09. The third kappa shape index (κ3) is 6.90. The van der Waals surface area contributed by atoms with Gasteiger partial charge in [-0.1, -0.05) is 0 Å². The predicted octanol–water partition coefficient (Wildman–Crippen LogP) is 0.596. The fraction of sp³-hybridized carbons (Fsp3) is 0.235. The number of nitrogens with zero attached hydrogens (tertiary/aromatic N) is 5. The minimum Gasteiger partial charge on any atom is -0.388 e. The zero-order valence-electron chi connectivity index (χ0n) is 18.0. The summed E-state index contributed by atoms with van der Waals surface area (Å²) in [5.41, 5.74) is 11.3. The van der Waals surface area contributed by atoms with Gasteiger partial charge in [0.25, 0.3) is 17.7 Å². The number of amides is 3. The van der Waals surface area contributed by atoms with Crippen molar-refractivity contribution in [3.8, 4) is 0 Å². The highest BCUT2D eigenvalue weighted by molar-refractivity contribution is 7.13. The molecule has 3 aromatic heterocycles. The zero-order valence-corrected chi connectivity index (χ0v) is 20.4. The number of hydrogen-bond donors (Lipinski definition) is 6. The molecule has 0 unspecified atom stereocenters. The number of nitrogens with two attached hydrogens (primary N) is 2. The van der Waals surface area contributed by atoms with Crippen LogP contribution in [0.2, 0.25) is 0 Å². The van der Waals surface area contributed by atoms with Crippen LogP contribution in [0.25, 0.3) is 0 Å². The molecule has 0 aliphatic rings. The Morgan fingerprint density at radius 1 is 1.00 bits per heavy atom. The number of anilines is 3. The van der Waals surface area contributed by atoms with Crippen LogP contribution in [0.15, 0.2) is 17.5 Å². The van der Waals surface area contributed by atoms with Crippen molar-refractivity contribution in [2.24, 2.45) is 19.8 Å². The first-order valence-electron chi connectivity index (χ1n) is 9.17. The number of thiazole rings is 1. The van der Waals surface area contributed by atoms with Crippen molar-refractivity contribution in [2.75, 3.05) is 22.9 Å². The van der Waals surface area contributed by atoms with E-state index in [9.17, 15) is 14.4 Å². The monoisotopic (exact) mass is 531 g/mol. The van der Waals surface area contributed by atoms with Gasteiger partial charge in [0.1, 0.15) is 17.1 Å².